The summed E-state index contributed by atoms with van der Waals surface area (Å²) in [6, 6.07) is 10.6. The van der Waals surface area contributed by atoms with Gasteiger partial charge in [0, 0.05) is 26.2 Å². The molecule has 136 valence electrons. The molecular formula is C21H30N2O2. The molecule has 2 aliphatic heterocycles. The van der Waals surface area contributed by atoms with Crippen molar-refractivity contribution in [1.29, 1.82) is 0 Å². The lowest BCUT2D eigenvalue weighted by molar-refractivity contribution is -0.154. The molecule has 2 amide bonds. The van der Waals surface area contributed by atoms with Gasteiger partial charge in [0.2, 0.25) is 11.8 Å². The molecule has 0 N–H and O–H groups in total. The number of carbonyl (C=O) groups excluding carboxylic acids is 2. The molecule has 4 heteroatoms. The van der Waals surface area contributed by atoms with Gasteiger partial charge in [-0.25, -0.2) is 0 Å². The Morgan fingerprint density at radius 2 is 1.44 bits per heavy atom. The molecule has 0 saturated carbocycles. The van der Waals surface area contributed by atoms with Crippen LogP contribution < -0.4 is 0 Å². The number of rotatable bonds is 4. The van der Waals surface area contributed by atoms with Crippen LogP contribution in [0.1, 0.15) is 45.1 Å². The molecule has 1 aromatic rings. The monoisotopic (exact) mass is 342 g/mol. The molecular weight excluding hydrogens is 312 g/mol. The zero-order valence-electron chi connectivity index (χ0n) is 15.5. The minimum Gasteiger partial charge on any atom is -0.342 e. The number of carbonyl (C=O) groups is 2. The Morgan fingerprint density at radius 3 is 2.00 bits per heavy atom. The van der Waals surface area contributed by atoms with Crippen molar-refractivity contribution in [1.82, 2.24) is 9.80 Å². The highest BCUT2D eigenvalue weighted by Crippen LogP contribution is 2.28. The van der Waals surface area contributed by atoms with Crippen LogP contribution in [0.4, 0.5) is 0 Å². The number of amides is 2. The van der Waals surface area contributed by atoms with E-state index in [9.17, 15) is 9.59 Å². The number of piperidine rings is 1. The molecule has 25 heavy (non-hydrogen) atoms. The van der Waals surface area contributed by atoms with Crippen molar-refractivity contribution in [2.45, 2.75) is 46.0 Å². The number of hydrogen-bond donors (Lipinski definition) is 0. The third-order valence-corrected chi connectivity index (χ3v) is 5.73. The SMILES string of the molecule is CC(C)(C(=O)N1CCCC1)C(=O)N1CCC(Cc2ccccc2)CC1. The molecule has 0 unspecified atom stereocenters. The fraction of sp³-hybridized carbons (Fsp3) is 0.619. The molecule has 2 aliphatic rings. The van der Waals surface area contributed by atoms with Crippen LogP contribution in [-0.4, -0.2) is 47.8 Å². The van der Waals surface area contributed by atoms with Crippen LogP contribution in [0.15, 0.2) is 30.3 Å². The lowest BCUT2D eigenvalue weighted by Crippen LogP contribution is -2.52. The van der Waals surface area contributed by atoms with Gasteiger partial charge in [-0.1, -0.05) is 30.3 Å². The van der Waals surface area contributed by atoms with Crippen LogP contribution in [0, 0.1) is 11.3 Å². The highest BCUT2D eigenvalue weighted by atomic mass is 16.2. The van der Waals surface area contributed by atoms with Gasteiger partial charge in [-0.2, -0.15) is 0 Å². The maximum Gasteiger partial charge on any atom is 0.237 e. The molecule has 4 nitrogen and oxygen atoms in total. The van der Waals surface area contributed by atoms with Crippen molar-refractivity contribution in [2.75, 3.05) is 26.2 Å². The lowest BCUT2D eigenvalue weighted by Gasteiger charge is -2.37. The minimum absolute atomic E-state index is 0.00130. The van der Waals surface area contributed by atoms with Gasteiger partial charge in [-0.15, -0.1) is 0 Å². The summed E-state index contributed by atoms with van der Waals surface area (Å²) in [6.07, 6.45) is 5.24. The van der Waals surface area contributed by atoms with Crippen LogP contribution >= 0.6 is 0 Å². The third-order valence-electron chi connectivity index (χ3n) is 5.73. The van der Waals surface area contributed by atoms with Crippen molar-refractivity contribution in [3.8, 4) is 0 Å². The summed E-state index contributed by atoms with van der Waals surface area (Å²) in [5.41, 5.74) is 0.438. The van der Waals surface area contributed by atoms with Crippen LogP contribution in [0.3, 0.4) is 0 Å². The van der Waals surface area contributed by atoms with E-state index in [1.54, 1.807) is 13.8 Å². The van der Waals surface area contributed by atoms with Crippen LogP contribution in [-0.2, 0) is 16.0 Å². The Kier molecular flexibility index (Phi) is 5.45. The van der Waals surface area contributed by atoms with E-state index in [1.165, 1.54) is 5.56 Å². The molecule has 0 bridgehead atoms. The van der Waals surface area contributed by atoms with Crippen LogP contribution in [0.5, 0.6) is 0 Å². The van der Waals surface area contributed by atoms with Gasteiger partial charge >= 0.3 is 0 Å². The predicted octanol–water partition coefficient (Wildman–Crippen LogP) is 3.12. The topological polar surface area (TPSA) is 40.6 Å². The Morgan fingerprint density at radius 1 is 0.920 bits per heavy atom. The highest BCUT2D eigenvalue weighted by molar-refractivity contribution is 6.04. The van der Waals surface area contributed by atoms with Gasteiger partial charge in [0.1, 0.15) is 5.41 Å². The van der Waals surface area contributed by atoms with Crippen molar-refractivity contribution in [2.24, 2.45) is 11.3 Å². The molecule has 0 radical (unpaired) electrons. The Hall–Kier alpha value is -1.84. The third kappa shape index (κ3) is 4.05. The summed E-state index contributed by atoms with van der Waals surface area (Å²) in [4.78, 5) is 29.5. The average molecular weight is 342 g/mol. The Balaban J connectivity index is 1.54. The van der Waals surface area contributed by atoms with Gasteiger partial charge < -0.3 is 9.80 Å². The normalized spacial score (nSPS) is 19.3. The van der Waals surface area contributed by atoms with Gasteiger partial charge in [-0.05, 0) is 57.4 Å². The minimum atomic E-state index is -0.934. The largest absolute Gasteiger partial charge is 0.342 e. The first kappa shape index (κ1) is 18.0. The molecule has 0 atom stereocenters. The second-order valence-electron chi connectivity index (χ2n) is 8.05. The molecule has 1 aromatic carbocycles. The van der Waals surface area contributed by atoms with Crippen molar-refractivity contribution < 1.29 is 9.59 Å². The standard InChI is InChI=1S/C21H30N2O2/c1-21(2,19(24)22-12-6-7-13-22)20(25)23-14-10-18(11-15-23)16-17-8-4-3-5-9-17/h3-5,8-9,18H,6-7,10-16H2,1-2H3. The molecule has 2 fully saturated rings. The summed E-state index contributed by atoms with van der Waals surface area (Å²) in [5, 5.41) is 0. The average Bonchev–Trinajstić information content (AvgIpc) is 3.16. The molecule has 0 aromatic heterocycles. The van der Waals surface area contributed by atoms with Crippen molar-refractivity contribution in [3.05, 3.63) is 35.9 Å². The van der Waals surface area contributed by atoms with Crippen molar-refractivity contribution in [3.63, 3.8) is 0 Å². The zero-order valence-corrected chi connectivity index (χ0v) is 15.5. The Labute approximate surface area is 151 Å². The van der Waals surface area contributed by atoms with E-state index in [1.807, 2.05) is 15.9 Å². The smallest absolute Gasteiger partial charge is 0.237 e. The summed E-state index contributed by atoms with van der Waals surface area (Å²) >= 11 is 0. The maximum atomic E-state index is 13.0. The second kappa shape index (κ2) is 7.59. The van der Waals surface area contributed by atoms with Gasteiger partial charge in [0.05, 0.1) is 0 Å². The summed E-state index contributed by atoms with van der Waals surface area (Å²) in [7, 11) is 0. The first-order valence-corrected chi connectivity index (χ1v) is 9.61. The van der Waals surface area contributed by atoms with E-state index in [0.717, 1.165) is 58.3 Å². The van der Waals surface area contributed by atoms with E-state index < -0.39 is 5.41 Å². The molecule has 2 saturated heterocycles. The number of benzene rings is 1. The van der Waals surface area contributed by atoms with E-state index in [2.05, 4.69) is 24.3 Å². The lowest BCUT2D eigenvalue weighted by atomic mass is 9.86. The van der Waals surface area contributed by atoms with Gasteiger partial charge in [0.15, 0.2) is 0 Å². The quantitative estimate of drug-likeness (QED) is 0.789. The van der Waals surface area contributed by atoms with E-state index >= 15 is 0 Å². The van der Waals surface area contributed by atoms with Crippen molar-refractivity contribution >= 4 is 11.8 Å². The number of likely N-dealkylation sites (tertiary alicyclic amines) is 2. The van der Waals surface area contributed by atoms with E-state index in [-0.39, 0.29) is 11.8 Å². The number of nitrogens with zero attached hydrogens (tertiary/aromatic N) is 2. The van der Waals surface area contributed by atoms with Gasteiger partial charge in [0.25, 0.3) is 0 Å². The molecule has 3 rings (SSSR count). The first-order valence-electron chi connectivity index (χ1n) is 9.61. The van der Waals surface area contributed by atoms with Crippen LogP contribution in [0.25, 0.3) is 0 Å². The second-order valence-corrected chi connectivity index (χ2v) is 8.05. The first-order chi connectivity index (χ1) is 12.0. The summed E-state index contributed by atoms with van der Waals surface area (Å²) in [5.74, 6) is 0.632. The fourth-order valence-electron chi connectivity index (χ4n) is 4.09. The van der Waals surface area contributed by atoms with Crippen LogP contribution in [0.2, 0.25) is 0 Å². The summed E-state index contributed by atoms with van der Waals surface area (Å²) in [6.45, 7) is 6.74. The predicted molar refractivity (Wildman–Crippen MR) is 99.0 cm³/mol. The van der Waals surface area contributed by atoms with E-state index in [0.29, 0.717) is 5.92 Å². The van der Waals surface area contributed by atoms with Gasteiger partial charge in [-0.3, -0.25) is 9.59 Å². The fourth-order valence-corrected chi connectivity index (χ4v) is 4.09. The molecule has 0 spiro atoms. The highest BCUT2D eigenvalue weighted by Gasteiger charge is 2.42. The van der Waals surface area contributed by atoms with E-state index in [4.69, 9.17) is 0 Å². The molecule has 0 aliphatic carbocycles. The maximum absolute atomic E-state index is 13.0. The Bertz CT molecular complexity index is 598. The zero-order chi connectivity index (χ0) is 17.9. The molecule has 2 heterocycles. The summed E-state index contributed by atoms with van der Waals surface area (Å²) < 4.78 is 0. The number of hydrogen-bond acceptors (Lipinski definition) is 2.